The van der Waals surface area contributed by atoms with Crippen LogP contribution in [0.15, 0.2) is 47.8 Å². The zero-order chi connectivity index (χ0) is 26.5. The first-order valence-electron chi connectivity index (χ1n) is 11.1. The molecule has 2 atom stereocenters. The van der Waals surface area contributed by atoms with Crippen LogP contribution in [0.2, 0.25) is 10.3 Å². The highest BCUT2D eigenvalue weighted by molar-refractivity contribution is 7.10. The van der Waals surface area contributed by atoms with Crippen molar-refractivity contribution in [2.75, 3.05) is 25.0 Å². The summed E-state index contributed by atoms with van der Waals surface area (Å²) in [4.78, 5) is 48.3. The molecule has 0 radical (unpaired) electrons. The Kier molecular flexibility index (Phi) is 6.41. The number of carbonyl (C=O) groups is 3. The van der Waals surface area contributed by atoms with E-state index in [1.54, 1.807) is 42.8 Å². The zero-order valence-electron chi connectivity index (χ0n) is 19.4. The minimum atomic E-state index is -1.25. The molecular weight excluding hydrogens is 537 g/mol. The third-order valence-corrected chi connectivity index (χ3v) is 8.17. The van der Waals surface area contributed by atoms with E-state index in [1.165, 1.54) is 28.4 Å². The van der Waals surface area contributed by atoms with Gasteiger partial charge in [-0.1, -0.05) is 35.3 Å². The third kappa shape index (κ3) is 4.24. The molecule has 2 saturated heterocycles. The van der Waals surface area contributed by atoms with Gasteiger partial charge >= 0.3 is 12.0 Å². The van der Waals surface area contributed by atoms with Crippen molar-refractivity contribution in [3.8, 4) is 6.07 Å². The molecule has 0 unspecified atom stereocenters. The number of carboxylic acids is 1. The summed E-state index contributed by atoms with van der Waals surface area (Å²) in [6.07, 6.45) is 0. The predicted octanol–water partition coefficient (Wildman–Crippen LogP) is 4.46. The van der Waals surface area contributed by atoms with Crippen molar-refractivity contribution in [1.82, 2.24) is 14.8 Å². The molecule has 3 aromatic rings. The van der Waals surface area contributed by atoms with Gasteiger partial charge < -0.3 is 10.0 Å². The standard InChI is InChI=1S/C25H19Cl2N5O4S/c1-30-24(36)32(17-7-20(26)29-21(27)8-17)23(35)25(30)13-31(10-18-6-16(12-37-18)22(33)34)11-19(25)15-4-2-14(9-28)3-5-15/h2-8,12,19H,10-11,13H2,1H3,(H,33,34)/t19-,25+/m0/s1. The number of likely N-dealkylation sites (tertiary alicyclic amines) is 1. The van der Waals surface area contributed by atoms with E-state index in [0.29, 0.717) is 18.7 Å². The molecule has 1 spiro atoms. The van der Waals surface area contributed by atoms with E-state index in [4.69, 9.17) is 23.2 Å². The van der Waals surface area contributed by atoms with Crippen LogP contribution in [-0.2, 0) is 11.3 Å². The van der Waals surface area contributed by atoms with E-state index in [2.05, 4.69) is 11.1 Å². The second kappa shape index (κ2) is 9.43. The van der Waals surface area contributed by atoms with Gasteiger partial charge in [-0.3, -0.25) is 9.69 Å². The van der Waals surface area contributed by atoms with Crippen molar-refractivity contribution in [1.29, 1.82) is 5.26 Å². The molecule has 0 bridgehead atoms. The smallest absolute Gasteiger partial charge is 0.336 e. The first-order valence-corrected chi connectivity index (χ1v) is 12.8. The topological polar surface area (TPSA) is 118 Å². The van der Waals surface area contributed by atoms with E-state index in [0.717, 1.165) is 15.3 Å². The van der Waals surface area contributed by atoms with Crippen LogP contribution in [0, 0.1) is 11.3 Å². The van der Waals surface area contributed by atoms with E-state index < -0.39 is 29.4 Å². The number of anilines is 1. The maximum Gasteiger partial charge on any atom is 0.336 e. The lowest BCUT2D eigenvalue weighted by Crippen LogP contribution is -2.53. The Labute approximate surface area is 226 Å². The molecule has 1 aromatic carbocycles. The average molecular weight is 556 g/mol. The molecule has 0 saturated carbocycles. The second-order valence-electron chi connectivity index (χ2n) is 8.94. The van der Waals surface area contributed by atoms with Crippen molar-refractivity contribution in [2.24, 2.45) is 0 Å². The normalized spacial score (nSPS) is 21.7. The summed E-state index contributed by atoms with van der Waals surface area (Å²) in [6, 6.07) is 13.0. The van der Waals surface area contributed by atoms with Crippen molar-refractivity contribution in [3.63, 3.8) is 0 Å². The molecule has 1 N–H and O–H groups in total. The number of benzene rings is 1. The number of imide groups is 1. The number of rotatable bonds is 5. The van der Waals surface area contributed by atoms with Crippen molar-refractivity contribution < 1.29 is 19.5 Å². The SMILES string of the molecule is CN1C(=O)N(c2cc(Cl)nc(Cl)c2)C(=O)[C@]12CN(Cc1cc(C(=O)O)cs1)C[C@H]2c1ccc(C#N)cc1. The van der Waals surface area contributed by atoms with Gasteiger partial charge in [-0.05, 0) is 35.9 Å². The number of urea groups is 1. The Morgan fingerprint density at radius 3 is 2.49 bits per heavy atom. The van der Waals surface area contributed by atoms with Crippen molar-refractivity contribution in [3.05, 3.63) is 79.7 Å². The molecule has 5 rings (SSSR count). The number of aromatic nitrogens is 1. The molecule has 4 heterocycles. The van der Waals surface area contributed by atoms with Crippen molar-refractivity contribution in [2.45, 2.75) is 18.0 Å². The number of thiophene rings is 1. The monoisotopic (exact) mass is 555 g/mol. The fourth-order valence-corrected chi connectivity index (χ4v) is 6.47. The maximum atomic E-state index is 14.2. The number of halogens is 2. The number of carboxylic acid groups (broad SMARTS) is 1. The molecule has 2 fully saturated rings. The highest BCUT2D eigenvalue weighted by Crippen LogP contribution is 2.47. The van der Waals surface area contributed by atoms with Crippen LogP contribution in [-0.4, -0.2) is 63.5 Å². The van der Waals surface area contributed by atoms with Gasteiger partial charge in [-0.25, -0.2) is 19.5 Å². The quantitative estimate of drug-likeness (QED) is 0.364. The zero-order valence-corrected chi connectivity index (χ0v) is 21.7. The van der Waals surface area contributed by atoms with Gasteiger partial charge in [0.25, 0.3) is 5.91 Å². The summed E-state index contributed by atoms with van der Waals surface area (Å²) in [6.45, 7) is 1.07. The number of carbonyl (C=O) groups excluding carboxylic acids is 2. The molecule has 188 valence electrons. The molecule has 2 aliphatic heterocycles. The molecule has 37 heavy (non-hydrogen) atoms. The number of likely N-dealkylation sites (N-methyl/N-ethyl adjacent to an activating group) is 1. The molecular formula is C25H19Cl2N5O4S. The molecule has 2 aliphatic rings. The lowest BCUT2D eigenvalue weighted by Gasteiger charge is -2.34. The summed E-state index contributed by atoms with van der Waals surface area (Å²) in [5.41, 5.74) is 0.474. The number of pyridine rings is 1. The van der Waals surface area contributed by atoms with Crippen LogP contribution in [0.5, 0.6) is 0 Å². The fraction of sp³-hybridized carbons (Fsp3) is 0.240. The highest BCUT2D eigenvalue weighted by atomic mass is 35.5. The van der Waals surface area contributed by atoms with E-state index >= 15 is 0 Å². The number of nitrogens with zero attached hydrogens (tertiary/aromatic N) is 5. The number of hydrogen-bond donors (Lipinski definition) is 1. The first kappa shape index (κ1) is 25.2. The Bertz CT molecular complexity index is 1450. The van der Waals surface area contributed by atoms with Gasteiger partial charge in [0.2, 0.25) is 0 Å². The summed E-state index contributed by atoms with van der Waals surface area (Å²) in [7, 11) is 1.60. The molecule has 12 heteroatoms. The van der Waals surface area contributed by atoms with Gasteiger partial charge in [0.1, 0.15) is 15.8 Å². The van der Waals surface area contributed by atoms with Gasteiger partial charge in [0, 0.05) is 42.9 Å². The predicted molar refractivity (Wildman–Crippen MR) is 138 cm³/mol. The maximum absolute atomic E-state index is 14.2. The van der Waals surface area contributed by atoms with Gasteiger partial charge in [0.05, 0.1) is 22.9 Å². The summed E-state index contributed by atoms with van der Waals surface area (Å²) in [5, 5.41) is 20.2. The number of nitriles is 1. The minimum Gasteiger partial charge on any atom is -0.478 e. The van der Waals surface area contributed by atoms with Crippen LogP contribution in [0.3, 0.4) is 0 Å². The van der Waals surface area contributed by atoms with Crippen LogP contribution in [0.25, 0.3) is 0 Å². The lowest BCUT2D eigenvalue weighted by atomic mass is 9.80. The van der Waals surface area contributed by atoms with Gasteiger partial charge in [-0.2, -0.15) is 5.26 Å². The second-order valence-corrected chi connectivity index (χ2v) is 10.7. The Hall–Kier alpha value is -3.49. The van der Waals surface area contributed by atoms with E-state index in [1.807, 2.05) is 4.90 Å². The number of amides is 3. The Morgan fingerprint density at radius 2 is 1.89 bits per heavy atom. The summed E-state index contributed by atoms with van der Waals surface area (Å²) < 4.78 is 0. The van der Waals surface area contributed by atoms with Crippen molar-refractivity contribution >= 4 is 58.1 Å². The van der Waals surface area contributed by atoms with Crippen LogP contribution >= 0.6 is 34.5 Å². The summed E-state index contributed by atoms with van der Waals surface area (Å²) in [5.74, 6) is -1.84. The Morgan fingerprint density at radius 1 is 1.22 bits per heavy atom. The van der Waals surface area contributed by atoms with Crippen LogP contribution in [0.1, 0.15) is 32.3 Å². The molecule has 2 aromatic heterocycles. The Balaban J connectivity index is 1.56. The largest absolute Gasteiger partial charge is 0.478 e. The van der Waals surface area contributed by atoms with Gasteiger partial charge in [0.15, 0.2) is 0 Å². The van der Waals surface area contributed by atoms with E-state index in [-0.39, 0.29) is 28.1 Å². The molecule has 0 aliphatic carbocycles. The highest BCUT2D eigenvalue weighted by Gasteiger charge is 2.64. The van der Waals surface area contributed by atoms with Crippen LogP contribution < -0.4 is 4.90 Å². The fourth-order valence-electron chi connectivity index (χ4n) is 5.12. The lowest BCUT2D eigenvalue weighted by molar-refractivity contribution is -0.124. The summed E-state index contributed by atoms with van der Waals surface area (Å²) >= 11 is 13.5. The van der Waals surface area contributed by atoms with Gasteiger partial charge in [-0.15, -0.1) is 11.3 Å². The minimum absolute atomic E-state index is 0.0512. The average Bonchev–Trinajstić information content (AvgIpc) is 3.53. The van der Waals surface area contributed by atoms with Crippen LogP contribution in [0.4, 0.5) is 10.5 Å². The first-order chi connectivity index (χ1) is 17.6. The number of aromatic carboxylic acids is 1. The molecule has 3 amide bonds. The molecule has 9 nitrogen and oxygen atoms in total. The third-order valence-electron chi connectivity index (χ3n) is 6.86. The number of hydrogen-bond acceptors (Lipinski definition) is 7. The van der Waals surface area contributed by atoms with E-state index in [9.17, 15) is 24.8 Å².